The van der Waals surface area contributed by atoms with Crippen LogP contribution in [0.15, 0.2) is 24.3 Å². The van der Waals surface area contributed by atoms with Crippen molar-refractivity contribution in [2.24, 2.45) is 0 Å². The second-order valence-corrected chi connectivity index (χ2v) is 4.21. The lowest BCUT2D eigenvalue weighted by molar-refractivity contribution is 0.303. The number of hydrogen-bond acceptors (Lipinski definition) is 6. The van der Waals surface area contributed by atoms with Gasteiger partial charge in [0.25, 0.3) is 0 Å². The lowest BCUT2D eigenvalue weighted by Crippen LogP contribution is -1.96. The zero-order valence-corrected chi connectivity index (χ0v) is 9.99. The van der Waals surface area contributed by atoms with E-state index >= 15 is 0 Å². The van der Waals surface area contributed by atoms with E-state index < -0.39 is 0 Å². The molecule has 0 fully saturated rings. The summed E-state index contributed by atoms with van der Waals surface area (Å²) in [6.07, 6.45) is 0. The van der Waals surface area contributed by atoms with Crippen LogP contribution in [0.5, 0.6) is 5.75 Å². The van der Waals surface area contributed by atoms with Crippen molar-refractivity contribution >= 4 is 16.5 Å². The van der Waals surface area contributed by atoms with Crippen LogP contribution < -0.4 is 10.1 Å². The minimum absolute atomic E-state index is 0.318. The van der Waals surface area contributed by atoms with Crippen LogP contribution in [0.3, 0.4) is 0 Å². The van der Waals surface area contributed by atoms with E-state index in [-0.39, 0.29) is 0 Å². The Morgan fingerprint density at radius 3 is 2.94 bits per heavy atom. The molecule has 6 heteroatoms. The Bertz CT molecular complexity index is 546. The third-order valence-electron chi connectivity index (χ3n) is 2.04. The molecule has 0 spiro atoms. The number of ether oxygens (including phenoxy) is 1. The summed E-state index contributed by atoms with van der Waals surface area (Å²) in [4.78, 5) is 0. The average molecular weight is 246 g/mol. The largest absolute Gasteiger partial charge is 0.485 e. The standard InChI is InChI=1S/C11H10N4OS/c1-13-11-15-14-10(17-11)7-16-9-5-3-2-4-8(9)6-12/h2-5H,7H2,1H3,(H,13,15). The molecule has 1 N–H and O–H groups in total. The van der Waals surface area contributed by atoms with E-state index in [4.69, 9.17) is 10.00 Å². The molecule has 0 amide bonds. The van der Waals surface area contributed by atoms with Crippen LogP contribution in [-0.2, 0) is 6.61 Å². The molecule has 0 bridgehead atoms. The number of hydrogen-bond donors (Lipinski definition) is 1. The highest BCUT2D eigenvalue weighted by atomic mass is 32.1. The molecule has 0 aliphatic heterocycles. The molecule has 0 saturated carbocycles. The quantitative estimate of drug-likeness (QED) is 0.893. The first kappa shape index (κ1) is 11.4. The maximum atomic E-state index is 8.89. The highest BCUT2D eigenvalue weighted by Gasteiger charge is 2.05. The van der Waals surface area contributed by atoms with Crippen molar-refractivity contribution in [2.75, 3.05) is 12.4 Å². The molecule has 0 saturated heterocycles. The number of rotatable bonds is 4. The molecule has 0 aliphatic rings. The van der Waals surface area contributed by atoms with E-state index in [0.29, 0.717) is 17.9 Å². The van der Waals surface area contributed by atoms with Crippen LogP contribution >= 0.6 is 11.3 Å². The van der Waals surface area contributed by atoms with Gasteiger partial charge in [0.15, 0.2) is 5.01 Å². The summed E-state index contributed by atoms with van der Waals surface area (Å²) in [5.41, 5.74) is 0.519. The first-order valence-corrected chi connectivity index (χ1v) is 5.77. The first-order chi connectivity index (χ1) is 8.33. The van der Waals surface area contributed by atoms with Gasteiger partial charge < -0.3 is 10.1 Å². The summed E-state index contributed by atoms with van der Waals surface area (Å²) in [7, 11) is 1.79. The Morgan fingerprint density at radius 2 is 2.24 bits per heavy atom. The molecular weight excluding hydrogens is 236 g/mol. The van der Waals surface area contributed by atoms with Gasteiger partial charge in [-0.2, -0.15) is 5.26 Å². The highest BCUT2D eigenvalue weighted by Crippen LogP contribution is 2.20. The minimum Gasteiger partial charge on any atom is -0.485 e. The number of aromatic nitrogens is 2. The highest BCUT2D eigenvalue weighted by molar-refractivity contribution is 7.15. The van der Waals surface area contributed by atoms with Crippen LogP contribution in [-0.4, -0.2) is 17.2 Å². The molecule has 0 atom stereocenters. The third kappa shape index (κ3) is 2.71. The normalized spacial score (nSPS) is 9.65. The summed E-state index contributed by atoms with van der Waals surface area (Å²) in [5, 5.41) is 21.2. The molecular formula is C11H10N4OS. The van der Waals surface area contributed by atoms with Crippen LogP contribution in [0, 0.1) is 11.3 Å². The predicted octanol–water partition coefficient (Wildman–Crippen LogP) is 2.03. The van der Waals surface area contributed by atoms with Gasteiger partial charge in [0.2, 0.25) is 5.13 Å². The Hall–Kier alpha value is -2.13. The van der Waals surface area contributed by atoms with Crippen molar-refractivity contribution in [3.8, 4) is 11.8 Å². The summed E-state index contributed by atoms with van der Waals surface area (Å²) in [6, 6.07) is 9.19. The minimum atomic E-state index is 0.318. The van der Waals surface area contributed by atoms with Gasteiger partial charge in [0, 0.05) is 7.05 Å². The van der Waals surface area contributed by atoms with Gasteiger partial charge in [-0.25, -0.2) is 0 Å². The van der Waals surface area contributed by atoms with E-state index in [1.807, 2.05) is 6.07 Å². The summed E-state index contributed by atoms with van der Waals surface area (Å²) < 4.78 is 5.53. The number of nitriles is 1. The van der Waals surface area contributed by atoms with Gasteiger partial charge in [-0.1, -0.05) is 23.5 Å². The lowest BCUT2D eigenvalue weighted by atomic mass is 10.2. The molecule has 0 radical (unpaired) electrons. The monoisotopic (exact) mass is 246 g/mol. The SMILES string of the molecule is CNc1nnc(COc2ccccc2C#N)s1. The van der Waals surface area contributed by atoms with Crippen LogP contribution in [0.25, 0.3) is 0 Å². The molecule has 0 unspecified atom stereocenters. The van der Waals surface area contributed by atoms with Crippen molar-refractivity contribution < 1.29 is 4.74 Å². The average Bonchev–Trinajstić information content (AvgIpc) is 2.84. The van der Waals surface area contributed by atoms with E-state index in [2.05, 4.69) is 21.6 Å². The van der Waals surface area contributed by atoms with Crippen LogP contribution in [0.2, 0.25) is 0 Å². The van der Waals surface area contributed by atoms with Gasteiger partial charge in [-0.15, -0.1) is 10.2 Å². The summed E-state index contributed by atoms with van der Waals surface area (Å²) >= 11 is 1.42. The van der Waals surface area contributed by atoms with Crippen molar-refractivity contribution in [3.05, 3.63) is 34.8 Å². The topological polar surface area (TPSA) is 70.8 Å². The molecule has 17 heavy (non-hydrogen) atoms. The molecule has 0 aliphatic carbocycles. The Labute approximate surface area is 103 Å². The molecule has 2 rings (SSSR count). The Kier molecular flexibility index (Phi) is 3.52. The lowest BCUT2D eigenvalue weighted by Gasteiger charge is -2.04. The van der Waals surface area contributed by atoms with Crippen molar-refractivity contribution in [1.29, 1.82) is 5.26 Å². The number of anilines is 1. The van der Waals surface area contributed by atoms with Crippen LogP contribution in [0.1, 0.15) is 10.6 Å². The smallest absolute Gasteiger partial charge is 0.205 e. The predicted molar refractivity (Wildman–Crippen MR) is 64.9 cm³/mol. The number of benzene rings is 1. The van der Waals surface area contributed by atoms with Gasteiger partial charge in [0.05, 0.1) is 5.56 Å². The van der Waals surface area contributed by atoms with Gasteiger partial charge in [-0.05, 0) is 12.1 Å². The zero-order chi connectivity index (χ0) is 12.1. The molecule has 1 aromatic heterocycles. The maximum absolute atomic E-state index is 8.89. The fourth-order valence-corrected chi connectivity index (χ4v) is 1.84. The fourth-order valence-electron chi connectivity index (χ4n) is 1.24. The molecule has 2 aromatic rings. The first-order valence-electron chi connectivity index (χ1n) is 4.95. The van der Waals surface area contributed by atoms with Crippen LogP contribution in [0.4, 0.5) is 5.13 Å². The number of nitrogens with one attached hydrogen (secondary N) is 1. The van der Waals surface area contributed by atoms with Crippen molar-refractivity contribution in [3.63, 3.8) is 0 Å². The third-order valence-corrected chi connectivity index (χ3v) is 2.95. The number of para-hydroxylation sites is 1. The van der Waals surface area contributed by atoms with E-state index in [0.717, 1.165) is 10.1 Å². The maximum Gasteiger partial charge on any atom is 0.205 e. The van der Waals surface area contributed by atoms with E-state index in [9.17, 15) is 0 Å². The van der Waals surface area contributed by atoms with Gasteiger partial charge >= 0.3 is 0 Å². The van der Waals surface area contributed by atoms with Gasteiger partial charge in [-0.3, -0.25) is 0 Å². The molecule has 5 nitrogen and oxygen atoms in total. The Morgan fingerprint density at radius 1 is 1.41 bits per heavy atom. The molecule has 1 heterocycles. The fraction of sp³-hybridized carbons (Fsp3) is 0.182. The second kappa shape index (κ2) is 5.27. The summed E-state index contributed by atoms with van der Waals surface area (Å²) in [5.74, 6) is 0.566. The Balaban J connectivity index is 2.05. The number of nitrogens with zero attached hydrogens (tertiary/aromatic N) is 3. The molecule has 86 valence electrons. The summed E-state index contributed by atoms with van der Waals surface area (Å²) in [6.45, 7) is 0.318. The van der Waals surface area contributed by atoms with Crippen molar-refractivity contribution in [1.82, 2.24) is 10.2 Å². The molecule has 1 aromatic carbocycles. The zero-order valence-electron chi connectivity index (χ0n) is 9.17. The van der Waals surface area contributed by atoms with Gasteiger partial charge in [0.1, 0.15) is 18.4 Å². The van der Waals surface area contributed by atoms with Crippen molar-refractivity contribution in [2.45, 2.75) is 6.61 Å². The van der Waals surface area contributed by atoms with E-state index in [1.54, 1.807) is 25.2 Å². The van der Waals surface area contributed by atoms with E-state index in [1.165, 1.54) is 11.3 Å². The second-order valence-electron chi connectivity index (χ2n) is 3.15.